The lowest BCUT2D eigenvalue weighted by Crippen LogP contribution is -2.37. The molecular formula is C21H30N4O2. The van der Waals surface area contributed by atoms with Crippen molar-refractivity contribution < 1.29 is 9.59 Å². The molecule has 4 rings (SSSR count). The van der Waals surface area contributed by atoms with Crippen molar-refractivity contribution >= 4 is 11.8 Å². The Kier molecular flexibility index (Phi) is 5.41. The molecule has 1 atom stereocenters. The molecule has 0 bridgehead atoms. The first-order chi connectivity index (χ1) is 13.1. The van der Waals surface area contributed by atoms with E-state index in [1.54, 1.807) is 6.92 Å². The van der Waals surface area contributed by atoms with Crippen LogP contribution in [0, 0.1) is 5.92 Å². The minimum absolute atomic E-state index is 0.127. The molecule has 0 spiro atoms. The summed E-state index contributed by atoms with van der Waals surface area (Å²) in [5, 5.41) is 0. The van der Waals surface area contributed by atoms with Crippen LogP contribution in [-0.4, -0.2) is 51.2 Å². The van der Waals surface area contributed by atoms with E-state index in [1.165, 1.54) is 32.1 Å². The highest BCUT2D eigenvalue weighted by Gasteiger charge is 2.29. The Morgan fingerprint density at radius 3 is 2.67 bits per heavy atom. The van der Waals surface area contributed by atoms with E-state index in [-0.39, 0.29) is 11.8 Å². The van der Waals surface area contributed by atoms with Crippen LogP contribution in [0.2, 0.25) is 0 Å². The Balaban J connectivity index is 1.37. The zero-order chi connectivity index (χ0) is 18.8. The van der Waals surface area contributed by atoms with Gasteiger partial charge in [0, 0.05) is 63.6 Å². The van der Waals surface area contributed by atoms with Gasteiger partial charge in [-0.05, 0) is 25.2 Å². The van der Waals surface area contributed by atoms with Gasteiger partial charge < -0.3 is 9.80 Å². The lowest BCUT2D eigenvalue weighted by Gasteiger charge is -2.30. The fourth-order valence-electron chi connectivity index (χ4n) is 4.77. The first kappa shape index (κ1) is 18.4. The highest BCUT2D eigenvalue weighted by atomic mass is 16.2. The van der Waals surface area contributed by atoms with E-state index in [4.69, 9.17) is 4.98 Å². The topological polar surface area (TPSA) is 66.4 Å². The molecular weight excluding hydrogens is 340 g/mol. The number of hydrogen-bond acceptors (Lipinski definition) is 4. The number of carbonyl (C=O) groups is 2. The van der Waals surface area contributed by atoms with Gasteiger partial charge in [0.15, 0.2) is 0 Å². The van der Waals surface area contributed by atoms with Crippen molar-refractivity contribution in [3.63, 3.8) is 0 Å². The summed E-state index contributed by atoms with van der Waals surface area (Å²) < 4.78 is 0. The smallest absolute Gasteiger partial charge is 0.223 e. The van der Waals surface area contributed by atoms with Crippen LogP contribution < -0.4 is 0 Å². The first-order valence-electron chi connectivity index (χ1n) is 10.5. The van der Waals surface area contributed by atoms with E-state index >= 15 is 0 Å². The molecule has 1 saturated carbocycles. The number of nitrogens with zero attached hydrogens (tertiary/aromatic N) is 4. The summed E-state index contributed by atoms with van der Waals surface area (Å²) in [5.74, 6) is 2.11. The van der Waals surface area contributed by atoms with Crippen LogP contribution in [0.5, 0.6) is 0 Å². The molecule has 0 aromatic carbocycles. The van der Waals surface area contributed by atoms with Gasteiger partial charge in [0.1, 0.15) is 5.82 Å². The Labute approximate surface area is 161 Å². The lowest BCUT2D eigenvalue weighted by atomic mass is 9.86. The van der Waals surface area contributed by atoms with Crippen LogP contribution in [-0.2, 0) is 22.6 Å². The summed E-state index contributed by atoms with van der Waals surface area (Å²) in [5.41, 5.74) is 2.17. The largest absolute Gasteiger partial charge is 0.342 e. The predicted molar refractivity (Wildman–Crippen MR) is 102 cm³/mol. The molecule has 6 heteroatoms. The average molecular weight is 370 g/mol. The van der Waals surface area contributed by atoms with Crippen molar-refractivity contribution in [1.82, 2.24) is 19.8 Å². The van der Waals surface area contributed by atoms with Crippen molar-refractivity contribution in [2.24, 2.45) is 5.92 Å². The van der Waals surface area contributed by atoms with Crippen LogP contribution in [0.1, 0.15) is 74.9 Å². The molecule has 1 aromatic heterocycles. The predicted octanol–water partition coefficient (Wildman–Crippen LogP) is 2.67. The second kappa shape index (κ2) is 7.95. The third-order valence-corrected chi connectivity index (χ3v) is 6.49. The number of rotatable bonds is 3. The number of carbonyl (C=O) groups excluding carboxylic acids is 2. The van der Waals surface area contributed by atoms with Gasteiger partial charge >= 0.3 is 0 Å². The van der Waals surface area contributed by atoms with Crippen molar-refractivity contribution in [2.75, 3.05) is 19.6 Å². The first-order valence-corrected chi connectivity index (χ1v) is 10.5. The molecule has 0 N–H and O–H groups in total. The zero-order valence-corrected chi connectivity index (χ0v) is 16.3. The molecule has 2 aliphatic heterocycles. The van der Waals surface area contributed by atoms with Gasteiger partial charge in [-0.25, -0.2) is 9.97 Å². The molecule has 146 valence electrons. The lowest BCUT2D eigenvalue weighted by molar-refractivity contribution is -0.133. The summed E-state index contributed by atoms with van der Waals surface area (Å²) in [7, 11) is 0. The molecule has 27 heavy (non-hydrogen) atoms. The van der Waals surface area contributed by atoms with Crippen molar-refractivity contribution in [2.45, 2.75) is 70.8 Å². The van der Waals surface area contributed by atoms with Gasteiger partial charge in [0.25, 0.3) is 0 Å². The third-order valence-electron chi connectivity index (χ3n) is 6.49. The average Bonchev–Trinajstić information content (AvgIpc) is 3.18. The molecule has 1 saturated heterocycles. The van der Waals surface area contributed by atoms with Crippen LogP contribution in [0.15, 0.2) is 6.20 Å². The van der Waals surface area contributed by atoms with Gasteiger partial charge in [-0.2, -0.15) is 0 Å². The molecule has 3 aliphatic rings. The fourth-order valence-corrected chi connectivity index (χ4v) is 4.77. The Bertz CT molecular complexity index is 714. The van der Waals surface area contributed by atoms with E-state index in [9.17, 15) is 9.59 Å². The van der Waals surface area contributed by atoms with E-state index < -0.39 is 0 Å². The fraction of sp³-hybridized carbons (Fsp3) is 0.714. The van der Waals surface area contributed by atoms with E-state index in [1.807, 2.05) is 16.0 Å². The van der Waals surface area contributed by atoms with Crippen LogP contribution in [0.25, 0.3) is 0 Å². The van der Waals surface area contributed by atoms with Crippen LogP contribution in [0.4, 0.5) is 0 Å². The van der Waals surface area contributed by atoms with E-state index in [0.29, 0.717) is 24.8 Å². The third kappa shape index (κ3) is 4.14. The molecule has 0 unspecified atom stereocenters. The molecule has 2 amide bonds. The molecule has 6 nitrogen and oxygen atoms in total. The SMILES string of the molecule is CC(=O)N1CC[C@H](c2ncc3c(n2)CCN(C(=O)CC2CCCCC2)C3)C1. The highest BCUT2D eigenvalue weighted by Crippen LogP contribution is 2.29. The van der Waals surface area contributed by atoms with Crippen molar-refractivity contribution in [1.29, 1.82) is 0 Å². The molecule has 1 aliphatic carbocycles. The second-order valence-corrected chi connectivity index (χ2v) is 8.42. The summed E-state index contributed by atoms with van der Waals surface area (Å²) in [6, 6.07) is 0. The number of aromatic nitrogens is 2. The Morgan fingerprint density at radius 2 is 1.93 bits per heavy atom. The van der Waals surface area contributed by atoms with Gasteiger partial charge in [0.2, 0.25) is 11.8 Å². The van der Waals surface area contributed by atoms with E-state index in [0.717, 1.165) is 49.6 Å². The molecule has 0 radical (unpaired) electrons. The Morgan fingerprint density at radius 1 is 1.11 bits per heavy atom. The molecule has 1 aromatic rings. The van der Waals surface area contributed by atoms with Crippen molar-refractivity contribution in [3.05, 3.63) is 23.3 Å². The second-order valence-electron chi connectivity index (χ2n) is 8.42. The minimum Gasteiger partial charge on any atom is -0.342 e. The van der Waals surface area contributed by atoms with Crippen molar-refractivity contribution in [3.8, 4) is 0 Å². The summed E-state index contributed by atoms with van der Waals surface area (Å²) in [4.78, 5) is 37.5. The highest BCUT2D eigenvalue weighted by molar-refractivity contribution is 5.76. The minimum atomic E-state index is 0.127. The number of hydrogen-bond donors (Lipinski definition) is 0. The summed E-state index contributed by atoms with van der Waals surface area (Å²) >= 11 is 0. The quantitative estimate of drug-likeness (QED) is 0.820. The maximum atomic E-state index is 12.7. The monoisotopic (exact) mass is 370 g/mol. The molecule has 2 fully saturated rings. The summed E-state index contributed by atoms with van der Waals surface area (Å²) in [6.07, 6.45) is 10.7. The number of amides is 2. The van der Waals surface area contributed by atoms with Gasteiger partial charge in [-0.1, -0.05) is 19.3 Å². The molecule has 3 heterocycles. The maximum Gasteiger partial charge on any atom is 0.223 e. The normalized spacial score (nSPS) is 23.4. The maximum absolute atomic E-state index is 12.7. The van der Waals surface area contributed by atoms with Gasteiger partial charge in [-0.15, -0.1) is 0 Å². The van der Waals surface area contributed by atoms with E-state index in [2.05, 4.69) is 4.98 Å². The van der Waals surface area contributed by atoms with Crippen LogP contribution in [0.3, 0.4) is 0 Å². The van der Waals surface area contributed by atoms with Gasteiger partial charge in [-0.3, -0.25) is 9.59 Å². The zero-order valence-electron chi connectivity index (χ0n) is 16.3. The number of fused-ring (bicyclic) bond motifs is 1. The van der Waals surface area contributed by atoms with Crippen LogP contribution >= 0.6 is 0 Å². The van der Waals surface area contributed by atoms with Gasteiger partial charge in [0.05, 0.1) is 5.69 Å². The number of likely N-dealkylation sites (tertiary alicyclic amines) is 1. The summed E-state index contributed by atoms with van der Waals surface area (Å²) in [6.45, 7) is 4.55. The standard InChI is InChI=1S/C21H30N4O2/c1-15(26)24-9-7-17(13-24)21-22-12-18-14-25(10-8-19(18)23-21)20(27)11-16-5-3-2-4-6-16/h12,16-17H,2-11,13-14H2,1H3/t17-/m0/s1. The Hall–Kier alpha value is -1.98.